The van der Waals surface area contributed by atoms with E-state index in [1.54, 1.807) is 19.1 Å². The van der Waals surface area contributed by atoms with Crippen LogP contribution in [0.5, 0.6) is 0 Å². The molecule has 8 nitrogen and oxygen atoms in total. The van der Waals surface area contributed by atoms with Crippen molar-refractivity contribution in [3.05, 3.63) is 76.3 Å². The normalized spacial score (nSPS) is 11.2. The summed E-state index contributed by atoms with van der Waals surface area (Å²) in [5, 5.41) is 15.3. The van der Waals surface area contributed by atoms with Crippen molar-refractivity contribution in [1.29, 1.82) is 0 Å². The van der Waals surface area contributed by atoms with Gasteiger partial charge < -0.3 is 15.0 Å². The maximum Gasteiger partial charge on any atom is 0.416 e. The van der Waals surface area contributed by atoms with Gasteiger partial charge in [0.15, 0.2) is 6.61 Å². The molecule has 0 fully saturated rings. The Balaban J connectivity index is 1.63. The van der Waals surface area contributed by atoms with Crippen LogP contribution in [-0.4, -0.2) is 36.5 Å². The number of esters is 1. The van der Waals surface area contributed by atoms with Gasteiger partial charge in [-0.1, -0.05) is 36.4 Å². The molecule has 0 aromatic heterocycles. The van der Waals surface area contributed by atoms with Gasteiger partial charge in [0.2, 0.25) is 0 Å². The summed E-state index contributed by atoms with van der Waals surface area (Å²) in [4.78, 5) is 36.4. The highest BCUT2D eigenvalue weighted by molar-refractivity contribution is 6.04. The third-order valence-corrected chi connectivity index (χ3v) is 4.98. The number of rotatable bonds is 8. The number of anilines is 2. The maximum absolute atomic E-state index is 12.8. The minimum atomic E-state index is -4.75. The number of nitro benzene ring substituents is 1. The molecule has 0 radical (unpaired) electrons. The molecule has 0 aliphatic heterocycles. The zero-order valence-electron chi connectivity index (χ0n) is 18.0. The van der Waals surface area contributed by atoms with E-state index in [4.69, 9.17) is 4.74 Å². The molecule has 11 heteroatoms. The highest BCUT2D eigenvalue weighted by Gasteiger charge is 2.33. The molecule has 3 aromatic rings. The van der Waals surface area contributed by atoms with Crippen molar-refractivity contribution in [3.8, 4) is 0 Å². The number of benzene rings is 3. The van der Waals surface area contributed by atoms with Gasteiger partial charge in [-0.05, 0) is 30.5 Å². The summed E-state index contributed by atoms with van der Waals surface area (Å²) in [5.41, 5.74) is -1.66. The summed E-state index contributed by atoms with van der Waals surface area (Å²) in [6.45, 7) is 0.930. The van der Waals surface area contributed by atoms with Crippen LogP contribution in [-0.2, 0) is 20.5 Å². The van der Waals surface area contributed by atoms with Gasteiger partial charge in [-0.2, -0.15) is 13.2 Å². The van der Waals surface area contributed by atoms with Crippen LogP contribution in [0.4, 0.5) is 30.2 Å². The Bertz CT molecular complexity index is 1220. The number of nitro groups is 1. The molecule has 1 amide bonds. The Morgan fingerprint density at radius 3 is 2.47 bits per heavy atom. The lowest BCUT2D eigenvalue weighted by atomic mass is 10.1. The van der Waals surface area contributed by atoms with Gasteiger partial charge in [-0.15, -0.1) is 0 Å². The zero-order valence-corrected chi connectivity index (χ0v) is 18.0. The SMILES string of the molecule is CCN(C(=O)COC(=O)CNc1ccc(C(F)(F)F)cc1[N+](=O)[O-])c1cccc2ccccc12. The summed E-state index contributed by atoms with van der Waals surface area (Å²) >= 11 is 0. The lowest BCUT2D eigenvalue weighted by Gasteiger charge is -2.22. The number of carbonyl (C=O) groups excluding carboxylic acids is 2. The summed E-state index contributed by atoms with van der Waals surface area (Å²) in [5.74, 6) is -1.38. The second-order valence-corrected chi connectivity index (χ2v) is 7.14. The topological polar surface area (TPSA) is 102 Å². The number of ether oxygens (including phenoxy) is 1. The van der Waals surface area contributed by atoms with E-state index < -0.39 is 47.4 Å². The van der Waals surface area contributed by atoms with Crippen molar-refractivity contribution in [3.63, 3.8) is 0 Å². The molecule has 0 aliphatic rings. The van der Waals surface area contributed by atoms with Crippen LogP contribution in [0, 0.1) is 10.1 Å². The molecule has 0 spiro atoms. The van der Waals surface area contributed by atoms with Crippen LogP contribution >= 0.6 is 0 Å². The highest BCUT2D eigenvalue weighted by atomic mass is 19.4. The third kappa shape index (κ3) is 5.61. The van der Waals surface area contributed by atoms with Crippen molar-refractivity contribution in [2.24, 2.45) is 0 Å². The van der Waals surface area contributed by atoms with Gasteiger partial charge in [-0.25, -0.2) is 0 Å². The molecular formula is C23H20F3N3O5. The lowest BCUT2D eigenvalue weighted by molar-refractivity contribution is -0.384. The summed E-state index contributed by atoms with van der Waals surface area (Å²) in [6.07, 6.45) is -4.75. The Morgan fingerprint density at radius 1 is 1.09 bits per heavy atom. The predicted octanol–water partition coefficient (Wildman–Crippen LogP) is 4.78. The number of amides is 1. The Labute approximate surface area is 192 Å². The van der Waals surface area contributed by atoms with E-state index in [-0.39, 0.29) is 5.69 Å². The average molecular weight is 475 g/mol. The van der Waals surface area contributed by atoms with E-state index in [0.717, 1.165) is 16.8 Å². The molecule has 0 aliphatic carbocycles. The Morgan fingerprint density at radius 2 is 1.79 bits per heavy atom. The molecule has 1 N–H and O–H groups in total. The van der Waals surface area contributed by atoms with Crippen molar-refractivity contribution in [1.82, 2.24) is 0 Å². The first-order valence-corrected chi connectivity index (χ1v) is 10.1. The molecule has 178 valence electrons. The van der Waals surface area contributed by atoms with Gasteiger partial charge in [0.1, 0.15) is 12.2 Å². The number of carbonyl (C=O) groups is 2. The van der Waals surface area contributed by atoms with Crippen molar-refractivity contribution in [2.45, 2.75) is 13.1 Å². The molecule has 0 saturated carbocycles. The van der Waals surface area contributed by atoms with Gasteiger partial charge in [0, 0.05) is 18.0 Å². The number of hydrogen-bond acceptors (Lipinski definition) is 6. The Hall–Kier alpha value is -4.15. The monoisotopic (exact) mass is 475 g/mol. The quantitative estimate of drug-likeness (QED) is 0.286. The van der Waals surface area contributed by atoms with E-state index >= 15 is 0 Å². The number of fused-ring (bicyclic) bond motifs is 1. The minimum absolute atomic E-state index is 0.285. The second kappa shape index (κ2) is 10.2. The smallest absolute Gasteiger partial charge is 0.416 e. The lowest BCUT2D eigenvalue weighted by Crippen LogP contribution is -2.35. The first-order chi connectivity index (χ1) is 16.1. The molecule has 0 unspecified atom stereocenters. The van der Waals surface area contributed by atoms with Crippen LogP contribution < -0.4 is 10.2 Å². The number of nitrogens with zero attached hydrogens (tertiary/aromatic N) is 2. The molecule has 34 heavy (non-hydrogen) atoms. The van der Waals surface area contributed by atoms with E-state index in [2.05, 4.69) is 5.32 Å². The number of alkyl halides is 3. The van der Waals surface area contributed by atoms with Crippen molar-refractivity contribution in [2.75, 3.05) is 29.9 Å². The Kier molecular flexibility index (Phi) is 7.34. The van der Waals surface area contributed by atoms with Crippen LogP contribution in [0.2, 0.25) is 0 Å². The number of nitrogens with one attached hydrogen (secondary N) is 1. The van der Waals surface area contributed by atoms with Crippen molar-refractivity contribution >= 4 is 39.7 Å². The number of likely N-dealkylation sites (N-methyl/N-ethyl adjacent to an activating group) is 1. The molecular weight excluding hydrogens is 455 g/mol. The number of halogens is 3. The summed E-state index contributed by atoms with van der Waals surface area (Å²) < 4.78 is 43.4. The van der Waals surface area contributed by atoms with Crippen LogP contribution in [0.25, 0.3) is 10.8 Å². The summed E-state index contributed by atoms with van der Waals surface area (Å²) in [7, 11) is 0. The molecule has 0 atom stereocenters. The molecule has 3 rings (SSSR count). The van der Waals surface area contributed by atoms with E-state index in [9.17, 15) is 32.9 Å². The standard InChI is InChI=1S/C23H20F3N3O5/c1-2-28(19-9-5-7-15-6-3-4-8-17(15)19)21(30)14-34-22(31)13-27-18-11-10-16(23(24,25)26)12-20(18)29(32)33/h3-12,27H,2,13-14H2,1H3. The minimum Gasteiger partial charge on any atom is -0.454 e. The first kappa shape index (κ1) is 24.5. The van der Waals surface area contributed by atoms with E-state index in [1.807, 2.05) is 30.3 Å². The number of hydrogen-bond donors (Lipinski definition) is 1. The van der Waals surface area contributed by atoms with Crippen LogP contribution in [0.3, 0.4) is 0 Å². The first-order valence-electron chi connectivity index (χ1n) is 10.1. The fourth-order valence-electron chi connectivity index (χ4n) is 3.37. The van der Waals surface area contributed by atoms with Gasteiger partial charge in [0.25, 0.3) is 11.6 Å². The third-order valence-electron chi connectivity index (χ3n) is 4.98. The largest absolute Gasteiger partial charge is 0.454 e. The molecule has 3 aromatic carbocycles. The van der Waals surface area contributed by atoms with Gasteiger partial charge in [-0.3, -0.25) is 19.7 Å². The van der Waals surface area contributed by atoms with Crippen LogP contribution in [0.1, 0.15) is 12.5 Å². The molecule has 0 heterocycles. The highest BCUT2D eigenvalue weighted by Crippen LogP contribution is 2.35. The molecule has 0 bridgehead atoms. The van der Waals surface area contributed by atoms with Gasteiger partial charge >= 0.3 is 12.1 Å². The van der Waals surface area contributed by atoms with E-state index in [0.29, 0.717) is 24.4 Å². The molecule has 0 saturated heterocycles. The average Bonchev–Trinajstić information content (AvgIpc) is 2.81. The summed E-state index contributed by atoms with van der Waals surface area (Å²) in [6, 6.07) is 14.9. The maximum atomic E-state index is 12.8. The predicted molar refractivity (Wildman–Crippen MR) is 120 cm³/mol. The second-order valence-electron chi connectivity index (χ2n) is 7.14. The zero-order chi connectivity index (χ0) is 24.9. The fraction of sp³-hybridized carbons (Fsp3) is 0.217. The van der Waals surface area contributed by atoms with Crippen molar-refractivity contribution < 1.29 is 32.4 Å². The van der Waals surface area contributed by atoms with Gasteiger partial charge in [0.05, 0.1) is 16.2 Å². The van der Waals surface area contributed by atoms with Crippen LogP contribution in [0.15, 0.2) is 60.7 Å². The van der Waals surface area contributed by atoms with E-state index in [1.165, 1.54) is 4.90 Å². The fourth-order valence-corrected chi connectivity index (χ4v) is 3.37.